The maximum Gasteiger partial charge on any atom is 0.128 e. The molecule has 1 fully saturated rings. The second kappa shape index (κ2) is 6.11. The Kier molecular flexibility index (Phi) is 4.49. The summed E-state index contributed by atoms with van der Waals surface area (Å²) in [5.41, 5.74) is 0.314. The lowest BCUT2D eigenvalue weighted by Gasteiger charge is -2.13. The van der Waals surface area contributed by atoms with E-state index in [0.29, 0.717) is 18.2 Å². The van der Waals surface area contributed by atoms with Gasteiger partial charge in [0.05, 0.1) is 12.7 Å². The standard InChI is InChI=1S/C13H17F2NO2/c14-10-3-11(15)5-12(4-10)16-6-13(17)8-18-7-9-1-2-9/h3-5,9,13,16-17H,1-2,6-8H2. The zero-order valence-corrected chi connectivity index (χ0v) is 10.0. The van der Waals surface area contributed by atoms with Crippen molar-refractivity contribution in [2.45, 2.75) is 18.9 Å². The number of hydrogen-bond donors (Lipinski definition) is 2. The molecule has 0 aliphatic heterocycles. The summed E-state index contributed by atoms with van der Waals surface area (Å²) in [5, 5.41) is 12.4. The number of rotatable bonds is 7. The van der Waals surface area contributed by atoms with Crippen LogP contribution in [-0.4, -0.2) is 31.0 Å². The molecular weight excluding hydrogens is 240 g/mol. The second-order valence-corrected chi connectivity index (χ2v) is 4.67. The Bertz CT molecular complexity index is 376. The van der Waals surface area contributed by atoms with E-state index >= 15 is 0 Å². The van der Waals surface area contributed by atoms with Crippen molar-refractivity contribution in [2.24, 2.45) is 5.92 Å². The number of hydrogen-bond acceptors (Lipinski definition) is 3. The highest BCUT2D eigenvalue weighted by Crippen LogP contribution is 2.28. The van der Waals surface area contributed by atoms with E-state index < -0.39 is 17.7 Å². The lowest BCUT2D eigenvalue weighted by Crippen LogP contribution is -2.25. The van der Waals surface area contributed by atoms with Gasteiger partial charge in [-0.05, 0) is 30.9 Å². The summed E-state index contributed by atoms with van der Waals surface area (Å²) in [6.45, 7) is 1.13. The average Bonchev–Trinajstić information content (AvgIpc) is 3.09. The van der Waals surface area contributed by atoms with Crippen LogP contribution in [0.3, 0.4) is 0 Å². The first-order valence-electron chi connectivity index (χ1n) is 6.09. The van der Waals surface area contributed by atoms with Gasteiger partial charge in [0, 0.05) is 24.9 Å². The Morgan fingerprint density at radius 1 is 1.28 bits per heavy atom. The van der Waals surface area contributed by atoms with Crippen molar-refractivity contribution in [1.29, 1.82) is 0 Å². The molecule has 5 heteroatoms. The number of benzene rings is 1. The molecule has 0 saturated heterocycles. The van der Waals surface area contributed by atoms with Gasteiger partial charge in [0.2, 0.25) is 0 Å². The molecule has 100 valence electrons. The van der Waals surface area contributed by atoms with E-state index in [0.717, 1.165) is 6.07 Å². The van der Waals surface area contributed by atoms with Crippen molar-refractivity contribution in [1.82, 2.24) is 0 Å². The zero-order valence-electron chi connectivity index (χ0n) is 10.0. The molecule has 18 heavy (non-hydrogen) atoms. The largest absolute Gasteiger partial charge is 0.389 e. The summed E-state index contributed by atoms with van der Waals surface area (Å²) in [4.78, 5) is 0. The van der Waals surface area contributed by atoms with Crippen molar-refractivity contribution >= 4 is 5.69 Å². The minimum absolute atomic E-state index is 0.202. The SMILES string of the molecule is OC(CNc1cc(F)cc(F)c1)COCC1CC1. The third-order valence-corrected chi connectivity index (χ3v) is 2.77. The average molecular weight is 257 g/mol. The summed E-state index contributed by atoms with van der Waals surface area (Å²) < 4.78 is 31.1. The minimum atomic E-state index is -0.685. The predicted molar refractivity (Wildman–Crippen MR) is 64.4 cm³/mol. The van der Waals surface area contributed by atoms with Gasteiger partial charge in [-0.2, -0.15) is 0 Å². The van der Waals surface area contributed by atoms with Crippen LogP contribution in [0.5, 0.6) is 0 Å². The van der Waals surface area contributed by atoms with Crippen LogP contribution in [0.1, 0.15) is 12.8 Å². The quantitative estimate of drug-likeness (QED) is 0.786. The molecule has 1 aromatic rings. The summed E-state index contributed by atoms with van der Waals surface area (Å²) in [6.07, 6.45) is 1.73. The van der Waals surface area contributed by atoms with Crippen molar-refractivity contribution < 1.29 is 18.6 Å². The van der Waals surface area contributed by atoms with Crippen LogP contribution in [0.15, 0.2) is 18.2 Å². The summed E-state index contributed by atoms with van der Waals surface area (Å²) >= 11 is 0. The molecule has 0 bridgehead atoms. The van der Waals surface area contributed by atoms with Crippen molar-refractivity contribution in [3.63, 3.8) is 0 Å². The Hall–Kier alpha value is -1.20. The van der Waals surface area contributed by atoms with Gasteiger partial charge < -0.3 is 15.2 Å². The lowest BCUT2D eigenvalue weighted by molar-refractivity contribution is 0.0386. The fraction of sp³-hybridized carbons (Fsp3) is 0.538. The van der Waals surface area contributed by atoms with E-state index in [2.05, 4.69) is 5.32 Å². The van der Waals surface area contributed by atoms with E-state index in [4.69, 9.17) is 4.74 Å². The lowest BCUT2D eigenvalue weighted by atomic mass is 10.3. The predicted octanol–water partition coefficient (Wildman–Crippen LogP) is 2.16. The number of aliphatic hydroxyl groups is 1. The van der Waals surface area contributed by atoms with Crippen LogP contribution in [-0.2, 0) is 4.74 Å². The Balaban J connectivity index is 1.68. The second-order valence-electron chi connectivity index (χ2n) is 4.67. The van der Waals surface area contributed by atoms with Crippen molar-refractivity contribution in [3.05, 3.63) is 29.8 Å². The summed E-state index contributed by atoms with van der Waals surface area (Å²) in [6, 6.07) is 3.17. The molecule has 0 aromatic heterocycles. The fourth-order valence-corrected chi connectivity index (χ4v) is 1.61. The summed E-state index contributed by atoms with van der Waals surface area (Å²) in [7, 11) is 0. The fourth-order valence-electron chi connectivity index (χ4n) is 1.61. The van der Waals surface area contributed by atoms with Gasteiger partial charge in [-0.3, -0.25) is 0 Å². The van der Waals surface area contributed by atoms with E-state index in [9.17, 15) is 13.9 Å². The van der Waals surface area contributed by atoms with E-state index in [-0.39, 0.29) is 13.2 Å². The van der Waals surface area contributed by atoms with Gasteiger partial charge in [0.1, 0.15) is 11.6 Å². The third kappa shape index (κ3) is 4.58. The van der Waals surface area contributed by atoms with E-state index in [1.807, 2.05) is 0 Å². The molecule has 1 saturated carbocycles. The van der Waals surface area contributed by atoms with Gasteiger partial charge >= 0.3 is 0 Å². The molecule has 0 amide bonds. The molecule has 1 unspecified atom stereocenters. The molecule has 3 nitrogen and oxygen atoms in total. The van der Waals surface area contributed by atoms with Gasteiger partial charge in [-0.15, -0.1) is 0 Å². The van der Waals surface area contributed by atoms with E-state index in [1.54, 1.807) is 0 Å². The van der Waals surface area contributed by atoms with Crippen LogP contribution < -0.4 is 5.32 Å². The number of anilines is 1. The molecule has 2 rings (SSSR count). The smallest absolute Gasteiger partial charge is 0.128 e. The molecule has 1 atom stereocenters. The van der Waals surface area contributed by atoms with Gasteiger partial charge in [-0.25, -0.2) is 8.78 Å². The maximum absolute atomic E-state index is 12.9. The Morgan fingerprint density at radius 2 is 1.94 bits per heavy atom. The number of nitrogens with one attached hydrogen (secondary N) is 1. The first-order valence-corrected chi connectivity index (χ1v) is 6.09. The highest BCUT2D eigenvalue weighted by atomic mass is 19.1. The van der Waals surface area contributed by atoms with Gasteiger partial charge in [0.15, 0.2) is 0 Å². The molecule has 0 radical (unpaired) electrons. The van der Waals surface area contributed by atoms with Crippen LogP contribution in [0.4, 0.5) is 14.5 Å². The maximum atomic E-state index is 12.9. The van der Waals surface area contributed by atoms with Gasteiger partial charge in [0.25, 0.3) is 0 Å². The topological polar surface area (TPSA) is 41.5 Å². The monoisotopic (exact) mass is 257 g/mol. The van der Waals surface area contributed by atoms with Gasteiger partial charge in [-0.1, -0.05) is 0 Å². The molecule has 0 spiro atoms. The van der Waals surface area contributed by atoms with E-state index in [1.165, 1.54) is 25.0 Å². The highest BCUT2D eigenvalue weighted by molar-refractivity contribution is 5.43. The van der Waals surface area contributed by atoms with Crippen LogP contribution in [0.25, 0.3) is 0 Å². The third-order valence-electron chi connectivity index (χ3n) is 2.77. The first-order chi connectivity index (χ1) is 8.63. The highest BCUT2D eigenvalue weighted by Gasteiger charge is 2.21. The Morgan fingerprint density at radius 3 is 2.56 bits per heavy atom. The number of aliphatic hydroxyl groups excluding tert-OH is 1. The van der Waals surface area contributed by atoms with Crippen LogP contribution >= 0.6 is 0 Å². The molecule has 1 aromatic carbocycles. The minimum Gasteiger partial charge on any atom is -0.389 e. The normalized spacial score (nSPS) is 16.6. The zero-order chi connectivity index (χ0) is 13.0. The van der Waals surface area contributed by atoms with Crippen LogP contribution in [0, 0.1) is 17.6 Å². The van der Waals surface area contributed by atoms with Crippen LogP contribution in [0.2, 0.25) is 0 Å². The molecule has 1 aliphatic carbocycles. The van der Waals surface area contributed by atoms with Crippen molar-refractivity contribution in [2.75, 3.05) is 25.1 Å². The first kappa shape index (κ1) is 13.2. The summed E-state index contributed by atoms with van der Waals surface area (Å²) in [5.74, 6) is -0.628. The van der Waals surface area contributed by atoms with Crippen molar-refractivity contribution in [3.8, 4) is 0 Å². The molecule has 0 heterocycles. The molecule has 1 aliphatic rings. The number of halogens is 2. The number of ether oxygens (including phenoxy) is 1. The molecule has 2 N–H and O–H groups in total. The Labute approximate surface area is 105 Å². The molecular formula is C13H17F2NO2.